The lowest BCUT2D eigenvalue weighted by Gasteiger charge is -2.08. The van der Waals surface area contributed by atoms with Gasteiger partial charge in [-0.1, -0.05) is 34.8 Å². The van der Waals surface area contributed by atoms with Gasteiger partial charge >= 0.3 is 0 Å². The van der Waals surface area contributed by atoms with Gasteiger partial charge in [0.1, 0.15) is 11.4 Å². The number of imidazole rings is 1. The summed E-state index contributed by atoms with van der Waals surface area (Å²) in [5, 5.41) is 4.47. The third kappa shape index (κ3) is 5.04. The molecule has 0 saturated carbocycles. The van der Waals surface area contributed by atoms with Gasteiger partial charge in [0.25, 0.3) is 0 Å². The zero-order valence-corrected chi connectivity index (χ0v) is 16.0. The maximum atomic E-state index is 11.9. The van der Waals surface area contributed by atoms with E-state index in [1.54, 1.807) is 30.3 Å². The van der Waals surface area contributed by atoms with Crippen LogP contribution < -0.4 is 10.1 Å². The molecular formula is C18H16Cl3N3O2. The van der Waals surface area contributed by atoms with Crippen molar-refractivity contribution in [2.45, 2.75) is 19.4 Å². The Kier molecular flexibility index (Phi) is 6.25. The Hall–Kier alpha value is -1.95. The summed E-state index contributed by atoms with van der Waals surface area (Å²) in [5.74, 6) is 0.491. The Balaban J connectivity index is 1.41. The van der Waals surface area contributed by atoms with Gasteiger partial charge in [0.05, 0.1) is 23.9 Å². The van der Waals surface area contributed by atoms with Crippen LogP contribution in [-0.2, 0) is 11.3 Å². The third-order valence-corrected chi connectivity index (χ3v) is 4.40. The first-order valence-corrected chi connectivity index (χ1v) is 9.12. The second kappa shape index (κ2) is 8.62. The molecule has 0 fully saturated rings. The number of fused-ring (bicyclic) bond motifs is 1. The molecule has 0 radical (unpaired) electrons. The van der Waals surface area contributed by atoms with E-state index in [4.69, 9.17) is 39.5 Å². The molecule has 0 aliphatic heterocycles. The summed E-state index contributed by atoms with van der Waals surface area (Å²) >= 11 is 17.8. The molecule has 0 unspecified atom stereocenters. The smallest absolute Gasteiger partial charge is 0.220 e. The van der Waals surface area contributed by atoms with Crippen LogP contribution in [0.2, 0.25) is 15.1 Å². The molecule has 1 N–H and O–H groups in total. The number of carbonyl (C=O) groups excluding carboxylic acids is 1. The van der Waals surface area contributed by atoms with Crippen LogP contribution in [-0.4, -0.2) is 21.9 Å². The summed E-state index contributed by atoms with van der Waals surface area (Å²) in [4.78, 5) is 16.4. The molecular weight excluding hydrogens is 397 g/mol. The first-order chi connectivity index (χ1) is 12.5. The lowest BCUT2D eigenvalue weighted by molar-refractivity contribution is -0.121. The molecule has 8 heteroatoms. The fourth-order valence-electron chi connectivity index (χ4n) is 2.38. The number of nitrogens with one attached hydrogen (secondary N) is 1. The third-order valence-electron chi connectivity index (χ3n) is 3.64. The highest BCUT2D eigenvalue weighted by molar-refractivity contribution is 6.35. The molecule has 136 valence electrons. The maximum Gasteiger partial charge on any atom is 0.220 e. The van der Waals surface area contributed by atoms with Gasteiger partial charge < -0.3 is 14.5 Å². The SMILES string of the molecule is O=C(CCCOc1ccc(Cl)cc1Cl)NCc1cn2ccc(Cl)cc2n1. The summed E-state index contributed by atoms with van der Waals surface area (Å²) < 4.78 is 7.42. The van der Waals surface area contributed by atoms with Gasteiger partial charge in [-0.2, -0.15) is 0 Å². The van der Waals surface area contributed by atoms with Gasteiger partial charge in [-0.15, -0.1) is 0 Å². The van der Waals surface area contributed by atoms with Gasteiger partial charge in [0, 0.05) is 28.9 Å². The van der Waals surface area contributed by atoms with E-state index in [2.05, 4.69) is 10.3 Å². The molecule has 0 saturated heterocycles. The molecule has 0 bridgehead atoms. The van der Waals surface area contributed by atoms with Crippen molar-refractivity contribution in [3.8, 4) is 5.75 Å². The van der Waals surface area contributed by atoms with Crippen LogP contribution in [0.5, 0.6) is 5.75 Å². The van der Waals surface area contributed by atoms with Crippen molar-refractivity contribution >= 4 is 46.4 Å². The standard InChI is InChI=1S/C18H16Cl3N3O2/c19-12-3-4-16(15(21)8-12)26-7-1-2-18(25)22-10-14-11-24-6-5-13(20)9-17(24)23-14/h3-6,8-9,11H,1-2,7,10H2,(H,22,25). The summed E-state index contributed by atoms with van der Waals surface area (Å²) in [6.45, 7) is 0.754. The highest BCUT2D eigenvalue weighted by atomic mass is 35.5. The summed E-state index contributed by atoms with van der Waals surface area (Å²) in [5.41, 5.74) is 1.51. The number of hydrogen-bond acceptors (Lipinski definition) is 3. The summed E-state index contributed by atoms with van der Waals surface area (Å²) in [6.07, 6.45) is 4.61. The van der Waals surface area contributed by atoms with E-state index in [9.17, 15) is 4.79 Å². The van der Waals surface area contributed by atoms with E-state index in [0.29, 0.717) is 46.8 Å². The predicted octanol–water partition coefficient (Wildman–Crippen LogP) is 4.77. The number of halogens is 3. The number of nitrogens with zero attached hydrogens (tertiary/aromatic N) is 2. The molecule has 0 aliphatic rings. The van der Waals surface area contributed by atoms with Crippen LogP contribution in [0.15, 0.2) is 42.7 Å². The van der Waals surface area contributed by atoms with Crippen LogP contribution in [0.4, 0.5) is 0 Å². The average Bonchev–Trinajstić information content (AvgIpc) is 3.00. The zero-order valence-electron chi connectivity index (χ0n) is 13.7. The molecule has 2 heterocycles. The first kappa shape index (κ1) is 18.8. The normalized spacial score (nSPS) is 10.9. The first-order valence-electron chi connectivity index (χ1n) is 7.99. The highest BCUT2D eigenvalue weighted by Gasteiger charge is 2.06. The van der Waals surface area contributed by atoms with Crippen molar-refractivity contribution in [3.63, 3.8) is 0 Å². The number of carbonyl (C=O) groups is 1. The van der Waals surface area contributed by atoms with E-state index in [1.165, 1.54) is 0 Å². The maximum absolute atomic E-state index is 11.9. The Morgan fingerprint density at radius 2 is 1.96 bits per heavy atom. The van der Waals surface area contributed by atoms with Gasteiger partial charge in [-0.25, -0.2) is 4.98 Å². The number of rotatable bonds is 7. The molecule has 3 rings (SSSR count). The number of benzene rings is 1. The van der Waals surface area contributed by atoms with E-state index < -0.39 is 0 Å². The van der Waals surface area contributed by atoms with Gasteiger partial charge in [0.2, 0.25) is 5.91 Å². The van der Waals surface area contributed by atoms with Crippen LogP contribution in [0, 0.1) is 0 Å². The molecule has 0 spiro atoms. The molecule has 1 amide bonds. The fraction of sp³-hybridized carbons (Fsp3) is 0.222. The second-order valence-corrected chi connectivity index (χ2v) is 6.93. The van der Waals surface area contributed by atoms with Crippen molar-refractivity contribution < 1.29 is 9.53 Å². The quantitative estimate of drug-likeness (QED) is 0.569. The number of ether oxygens (including phenoxy) is 1. The molecule has 0 atom stereocenters. The predicted molar refractivity (Wildman–Crippen MR) is 103 cm³/mol. The number of hydrogen-bond donors (Lipinski definition) is 1. The van der Waals surface area contributed by atoms with Crippen LogP contribution in [0.3, 0.4) is 0 Å². The Morgan fingerprint density at radius 1 is 1.15 bits per heavy atom. The zero-order chi connectivity index (χ0) is 18.5. The van der Waals surface area contributed by atoms with Crippen LogP contribution in [0.1, 0.15) is 18.5 Å². The van der Waals surface area contributed by atoms with Crippen molar-refractivity contribution in [1.82, 2.24) is 14.7 Å². The molecule has 0 aliphatic carbocycles. The Morgan fingerprint density at radius 3 is 2.77 bits per heavy atom. The monoisotopic (exact) mass is 411 g/mol. The molecule has 26 heavy (non-hydrogen) atoms. The molecule has 3 aromatic rings. The van der Waals surface area contributed by atoms with E-state index >= 15 is 0 Å². The van der Waals surface area contributed by atoms with Gasteiger partial charge in [-0.3, -0.25) is 4.79 Å². The Bertz CT molecular complexity index is 927. The lowest BCUT2D eigenvalue weighted by atomic mass is 10.3. The molecule has 2 aromatic heterocycles. The van der Waals surface area contributed by atoms with Gasteiger partial charge in [0.15, 0.2) is 0 Å². The average molecular weight is 413 g/mol. The minimum atomic E-state index is -0.0640. The summed E-state index contributed by atoms with van der Waals surface area (Å²) in [6, 6.07) is 8.59. The van der Waals surface area contributed by atoms with Gasteiger partial charge in [-0.05, 0) is 36.8 Å². The van der Waals surface area contributed by atoms with Crippen molar-refractivity contribution in [1.29, 1.82) is 0 Å². The van der Waals surface area contributed by atoms with Crippen molar-refractivity contribution in [2.24, 2.45) is 0 Å². The van der Waals surface area contributed by atoms with Crippen molar-refractivity contribution in [2.75, 3.05) is 6.61 Å². The van der Waals surface area contributed by atoms with E-state index in [0.717, 1.165) is 11.3 Å². The fourth-order valence-corrected chi connectivity index (χ4v) is 3.00. The highest BCUT2D eigenvalue weighted by Crippen LogP contribution is 2.27. The van der Waals surface area contributed by atoms with E-state index in [1.807, 2.05) is 16.8 Å². The van der Waals surface area contributed by atoms with E-state index in [-0.39, 0.29) is 5.91 Å². The summed E-state index contributed by atoms with van der Waals surface area (Å²) in [7, 11) is 0. The minimum Gasteiger partial charge on any atom is -0.492 e. The molecule has 1 aromatic carbocycles. The molecule has 5 nitrogen and oxygen atoms in total. The van der Waals surface area contributed by atoms with Crippen LogP contribution >= 0.6 is 34.8 Å². The number of aromatic nitrogens is 2. The lowest BCUT2D eigenvalue weighted by Crippen LogP contribution is -2.23. The second-order valence-electron chi connectivity index (χ2n) is 5.65. The minimum absolute atomic E-state index is 0.0640. The number of amides is 1. The van der Waals surface area contributed by atoms with Crippen LogP contribution in [0.25, 0.3) is 5.65 Å². The van der Waals surface area contributed by atoms with Crippen molar-refractivity contribution in [3.05, 3.63) is 63.5 Å². The largest absolute Gasteiger partial charge is 0.492 e. The topological polar surface area (TPSA) is 55.6 Å². The Labute approximate surface area is 165 Å². The number of pyridine rings is 1.